The summed E-state index contributed by atoms with van der Waals surface area (Å²) < 4.78 is 10.4. The normalized spacial score (nSPS) is 11.4. The van der Waals surface area contributed by atoms with Crippen molar-refractivity contribution in [3.05, 3.63) is 59.7 Å². The summed E-state index contributed by atoms with van der Waals surface area (Å²) in [4.78, 5) is 36.6. The van der Waals surface area contributed by atoms with Gasteiger partial charge in [-0.15, -0.1) is 0 Å². The zero-order chi connectivity index (χ0) is 20.7. The van der Waals surface area contributed by atoms with Crippen molar-refractivity contribution in [1.29, 1.82) is 0 Å². The number of nitrogens with zero attached hydrogens (tertiary/aromatic N) is 1. The van der Waals surface area contributed by atoms with Gasteiger partial charge >= 0.3 is 5.97 Å². The average molecular weight is 386 g/mol. The van der Waals surface area contributed by atoms with Crippen LogP contribution in [-0.2, 0) is 16.0 Å². The van der Waals surface area contributed by atoms with Crippen LogP contribution in [0.4, 0.5) is 0 Å². The van der Waals surface area contributed by atoms with Gasteiger partial charge in [0.15, 0.2) is 18.1 Å². The van der Waals surface area contributed by atoms with Crippen LogP contribution in [0.2, 0.25) is 0 Å². The minimum Gasteiger partial charge on any atom is -0.493 e. The van der Waals surface area contributed by atoms with E-state index < -0.39 is 23.8 Å². The molecule has 2 amide bonds. The number of benzene rings is 2. The summed E-state index contributed by atoms with van der Waals surface area (Å²) in [6.07, 6.45) is 0.176. The van der Waals surface area contributed by atoms with Crippen LogP contribution in [0, 0.1) is 0 Å². The summed E-state index contributed by atoms with van der Waals surface area (Å²) in [5.41, 5.74) is 6.09. The van der Waals surface area contributed by atoms with Crippen LogP contribution < -0.4 is 15.2 Å². The Balaban J connectivity index is 2.22. The third kappa shape index (κ3) is 5.23. The van der Waals surface area contributed by atoms with Crippen molar-refractivity contribution < 1.29 is 29.0 Å². The number of rotatable bonds is 9. The van der Waals surface area contributed by atoms with Crippen LogP contribution in [-0.4, -0.2) is 54.6 Å². The van der Waals surface area contributed by atoms with Gasteiger partial charge < -0.3 is 25.2 Å². The number of aliphatic carboxylic acids is 1. The van der Waals surface area contributed by atoms with Crippen LogP contribution in [0.25, 0.3) is 0 Å². The molecule has 2 rings (SSSR count). The maximum Gasteiger partial charge on any atom is 0.326 e. The molecule has 0 aliphatic heterocycles. The molecular weight excluding hydrogens is 364 g/mol. The van der Waals surface area contributed by atoms with E-state index in [9.17, 15) is 19.5 Å². The second-order valence-corrected chi connectivity index (χ2v) is 6.08. The molecular formula is C20H22N2O6. The number of primary amides is 1. The van der Waals surface area contributed by atoms with Gasteiger partial charge in [0.2, 0.25) is 0 Å². The van der Waals surface area contributed by atoms with E-state index in [0.29, 0.717) is 0 Å². The molecule has 148 valence electrons. The molecule has 0 aliphatic rings. The van der Waals surface area contributed by atoms with Crippen molar-refractivity contribution in [2.45, 2.75) is 12.5 Å². The molecule has 1 atom stereocenters. The van der Waals surface area contributed by atoms with E-state index in [2.05, 4.69) is 0 Å². The smallest absolute Gasteiger partial charge is 0.326 e. The average Bonchev–Trinajstić information content (AvgIpc) is 2.69. The van der Waals surface area contributed by atoms with Crippen molar-refractivity contribution in [3.8, 4) is 11.5 Å². The van der Waals surface area contributed by atoms with Gasteiger partial charge in [-0.05, 0) is 23.8 Å². The number of carbonyl (C=O) groups excluding carboxylic acids is 2. The lowest BCUT2D eigenvalue weighted by Gasteiger charge is -2.25. The zero-order valence-corrected chi connectivity index (χ0v) is 15.6. The molecule has 3 N–H and O–H groups in total. The summed E-state index contributed by atoms with van der Waals surface area (Å²) >= 11 is 0. The lowest BCUT2D eigenvalue weighted by Crippen LogP contribution is -2.43. The number of nitrogens with two attached hydrogens (primary N) is 1. The fourth-order valence-corrected chi connectivity index (χ4v) is 2.64. The first kappa shape index (κ1) is 20.8. The molecule has 0 fully saturated rings. The number of amides is 2. The van der Waals surface area contributed by atoms with E-state index >= 15 is 0 Å². The Bertz CT molecular complexity index is 853. The summed E-state index contributed by atoms with van der Waals surface area (Å²) in [6, 6.07) is 12.4. The van der Waals surface area contributed by atoms with Gasteiger partial charge in [0.25, 0.3) is 11.8 Å². The lowest BCUT2D eigenvalue weighted by molar-refractivity contribution is -0.141. The highest BCUT2D eigenvalue weighted by Crippen LogP contribution is 2.28. The van der Waals surface area contributed by atoms with E-state index in [1.165, 1.54) is 37.3 Å². The van der Waals surface area contributed by atoms with Gasteiger partial charge in [0.1, 0.15) is 6.04 Å². The second kappa shape index (κ2) is 9.40. The monoisotopic (exact) mass is 386 g/mol. The summed E-state index contributed by atoms with van der Waals surface area (Å²) in [5.74, 6) is -1.75. The maximum absolute atomic E-state index is 12.8. The molecule has 0 heterocycles. The van der Waals surface area contributed by atoms with Crippen molar-refractivity contribution in [2.75, 3.05) is 20.8 Å². The third-order valence-electron chi connectivity index (χ3n) is 4.13. The maximum atomic E-state index is 12.8. The largest absolute Gasteiger partial charge is 0.493 e. The highest BCUT2D eigenvalue weighted by molar-refractivity contribution is 5.97. The van der Waals surface area contributed by atoms with Crippen LogP contribution in [0.5, 0.6) is 11.5 Å². The van der Waals surface area contributed by atoms with E-state index in [-0.39, 0.29) is 30.1 Å². The molecule has 0 aromatic heterocycles. The Labute approximate surface area is 162 Å². The third-order valence-corrected chi connectivity index (χ3v) is 4.13. The molecule has 0 bridgehead atoms. The van der Waals surface area contributed by atoms with Crippen LogP contribution in [0.1, 0.15) is 15.9 Å². The summed E-state index contributed by atoms with van der Waals surface area (Å²) in [6.45, 7) is -0.332. The van der Waals surface area contributed by atoms with Gasteiger partial charge in [-0.3, -0.25) is 9.59 Å². The lowest BCUT2D eigenvalue weighted by atomic mass is 10.0. The van der Waals surface area contributed by atoms with E-state index in [1.807, 2.05) is 30.3 Å². The number of ether oxygens (including phenoxy) is 2. The molecule has 28 heavy (non-hydrogen) atoms. The molecule has 1 unspecified atom stereocenters. The molecule has 0 spiro atoms. The van der Waals surface area contributed by atoms with Gasteiger partial charge in [-0.25, -0.2) is 4.79 Å². The Morgan fingerprint density at radius 3 is 2.36 bits per heavy atom. The van der Waals surface area contributed by atoms with Gasteiger partial charge in [-0.2, -0.15) is 0 Å². The number of likely N-dealkylation sites (N-methyl/N-ethyl adjacent to an activating group) is 1. The summed E-state index contributed by atoms with van der Waals surface area (Å²) in [5, 5.41) is 9.59. The molecule has 2 aromatic rings. The first-order valence-electron chi connectivity index (χ1n) is 8.46. The Kier molecular flexibility index (Phi) is 6.97. The predicted molar refractivity (Wildman–Crippen MR) is 101 cm³/mol. The Morgan fingerprint density at radius 1 is 1.11 bits per heavy atom. The van der Waals surface area contributed by atoms with Crippen LogP contribution in [0.3, 0.4) is 0 Å². The highest BCUT2D eigenvalue weighted by Gasteiger charge is 2.28. The Hall–Kier alpha value is -3.55. The second-order valence-electron chi connectivity index (χ2n) is 6.08. The molecule has 0 saturated heterocycles. The van der Waals surface area contributed by atoms with E-state index in [0.717, 1.165) is 5.56 Å². The first-order chi connectivity index (χ1) is 13.3. The Morgan fingerprint density at radius 2 is 1.79 bits per heavy atom. The standard InChI is InChI=1S/C20H22N2O6/c1-22(15(20(25)26)10-13-6-4-3-5-7-13)19(24)14-8-9-16(17(11-14)27-2)28-12-18(21)23/h3-9,11,15H,10,12H2,1-2H3,(H2,21,23)(H,25,26). The fraction of sp³-hybridized carbons (Fsp3) is 0.250. The fourth-order valence-electron chi connectivity index (χ4n) is 2.64. The number of carboxylic acids is 1. The SMILES string of the molecule is COc1cc(C(=O)N(C)C(Cc2ccccc2)C(=O)O)ccc1OCC(N)=O. The van der Waals surface area contributed by atoms with E-state index in [4.69, 9.17) is 15.2 Å². The van der Waals surface area contributed by atoms with Gasteiger partial charge in [-0.1, -0.05) is 30.3 Å². The van der Waals surface area contributed by atoms with Crippen molar-refractivity contribution in [3.63, 3.8) is 0 Å². The van der Waals surface area contributed by atoms with E-state index in [1.54, 1.807) is 0 Å². The van der Waals surface area contributed by atoms with Crippen molar-refractivity contribution >= 4 is 17.8 Å². The highest BCUT2D eigenvalue weighted by atomic mass is 16.5. The number of hydrogen-bond acceptors (Lipinski definition) is 5. The van der Waals surface area contributed by atoms with Gasteiger partial charge in [0, 0.05) is 19.0 Å². The topological polar surface area (TPSA) is 119 Å². The van der Waals surface area contributed by atoms with Crippen molar-refractivity contribution in [2.24, 2.45) is 5.73 Å². The van der Waals surface area contributed by atoms with Crippen molar-refractivity contribution in [1.82, 2.24) is 4.90 Å². The molecule has 0 saturated carbocycles. The number of carboxylic acid groups (broad SMARTS) is 1. The molecule has 2 aromatic carbocycles. The van der Waals surface area contributed by atoms with Crippen LogP contribution in [0.15, 0.2) is 48.5 Å². The number of hydrogen-bond donors (Lipinski definition) is 2. The minimum absolute atomic E-state index is 0.176. The molecule has 8 nitrogen and oxygen atoms in total. The predicted octanol–water partition coefficient (Wildman–Crippen LogP) is 1.33. The minimum atomic E-state index is -1.10. The van der Waals surface area contributed by atoms with Crippen LogP contribution >= 0.6 is 0 Å². The molecule has 0 aliphatic carbocycles. The quantitative estimate of drug-likeness (QED) is 0.671. The molecule has 0 radical (unpaired) electrons. The summed E-state index contributed by atoms with van der Waals surface area (Å²) in [7, 11) is 2.83. The molecule has 8 heteroatoms. The zero-order valence-electron chi connectivity index (χ0n) is 15.6. The number of methoxy groups -OCH3 is 1. The first-order valence-corrected chi connectivity index (χ1v) is 8.46. The van der Waals surface area contributed by atoms with Gasteiger partial charge in [0.05, 0.1) is 7.11 Å². The number of carbonyl (C=O) groups is 3.